The Balaban J connectivity index is 4.14. The molecule has 1 unspecified atom stereocenters. The van der Waals surface area contributed by atoms with Gasteiger partial charge in [0.05, 0.1) is 5.92 Å². The van der Waals surface area contributed by atoms with Gasteiger partial charge in [0.25, 0.3) is 0 Å². The van der Waals surface area contributed by atoms with Crippen LogP contribution in [-0.2, 0) is 9.59 Å². The lowest BCUT2D eigenvalue weighted by Gasteiger charge is -2.17. The summed E-state index contributed by atoms with van der Waals surface area (Å²) in [5.41, 5.74) is 0. The van der Waals surface area contributed by atoms with E-state index in [0.717, 1.165) is 6.42 Å². The highest BCUT2D eigenvalue weighted by Crippen LogP contribution is 2.20. The number of hydrogen-bond donors (Lipinski definition) is 1. The first-order valence-corrected chi connectivity index (χ1v) is 5.81. The van der Waals surface area contributed by atoms with Gasteiger partial charge in [-0.15, -0.1) is 0 Å². The molecular formula is C12H23NO3. The topological polar surface area (TPSA) is 57.6 Å². The van der Waals surface area contributed by atoms with Crippen LogP contribution in [0.1, 0.15) is 39.5 Å². The fraction of sp³-hybridized carbons (Fsp3) is 0.833. The van der Waals surface area contributed by atoms with Crippen LogP contribution in [0, 0.1) is 11.8 Å². The minimum atomic E-state index is -0.785. The van der Waals surface area contributed by atoms with Crippen molar-refractivity contribution in [2.75, 3.05) is 14.1 Å². The van der Waals surface area contributed by atoms with Crippen molar-refractivity contribution in [2.45, 2.75) is 39.5 Å². The Hall–Kier alpha value is -1.06. The fourth-order valence-corrected chi connectivity index (χ4v) is 1.52. The lowest BCUT2D eigenvalue weighted by molar-refractivity contribution is -0.142. The van der Waals surface area contributed by atoms with E-state index in [1.165, 1.54) is 4.90 Å². The number of nitrogens with zero attached hydrogens (tertiary/aromatic N) is 1. The maximum absolute atomic E-state index is 11.4. The molecule has 0 spiro atoms. The van der Waals surface area contributed by atoms with Crippen LogP contribution in [0.3, 0.4) is 0 Å². The zero-order valence-corrected chi connectivity index (χ0v) is 10.7. The van der Waals surface area contributed by atoms with Crippen LogP contribution in [0.15, 0.2) is 0 Å². The molecule has 4 heteroatoms. The third-order valence-electron chi connectivity index (χ3n) is 2.94. The summed E-state index contributed by atoms with van der Waals surface area (Å²) < 4.78 is 0. The van der Waals surface area contributed by atoms with E-state index < -0.39 is 5.97 Å². The minimum absolute atomic E-state index is 0.00426. The quantitative estimate of drug-likeness (QED) is 0.726. The smallest absolute Gasteiger partial charge is 0.306 e. The Labute approximate surface area is 97.6 Å². The number of aliphatic carboxylic acids is 1. The highest BCUT2D eigenvalue weighted by atomic mass is 16.4. The van der Waals surface area contributed by atoms with E-state index in [2.05, 4.69) is 6.92 Å². The van der Waals surface area contributed by atoms with Crippen molar-refractivity contribution in [1.82, 2.24) is 4.90 Å². The van der Waals surface area contributed by atoms with Gasteiger partial charge in [0.15, 0.2) is 0 Å². The Morgan fingerprint density at radius 3 is 2.25 bits per heavy atom. The van der Waals surface area contributed by atoms with E-state index in [4.69, 9.17) is 5.11 Å². The molecule has 0 fully saturated rings. The molecule has 0 aliphatic rings. The molecule has 0 aromatic rings. The van der Waals surface area contributed by atoms with Gasteiger partial charge in [-0.3, -0.25) is 9.59 Å². The SMILES string of the molecule is CCC(C)C[C@@H](CCC(=O)N(C)C)C(=O)O. The van der Waals surface area contributed by atoms with Crippen molar-refractivity contribution in [3.05, 3.63) is 0 Å². The highest BCUT2D eigenvalue weighted by molar-refractivity contribution is 5.77. The maximum Gasteiger partial charge on any atom is 0.306 e. The van der Waals surface area contributed by atoms with Gasteiger partial charge in [-0.1, -0.05) is 20.3 Å². The van der Waals surface area contributed by atoms with Crippen LogP contribution in [0.4, 0.5) is 0 Å². The monoisotopic (exact) mass is 229 g/mol. The second kappa shape index (κ2) is 7.25. The second-order valence-electron chi connectivity index (χ2n) is 4.61. The molecule has 0 saturated carbocycles. The Morgan fingerprint density at radius 2 is 1.88 bits per heavy atom. The Morgan fingerprint density at radius 1 is 1.31 bits per heavy atom. The summed E-state index contributed by atoms with van der Waals surface area (Å²) in [6.07, 6.45) is 2.40. The lowest BCUT2D eigenvalue weighted by atomic mass is 9.90. The zero-order chi connectivity index (χ0) is 12.7. The van der Waals surface area contributed by atoms with Crippen molar-refractivity contribution >= 4 is 11.9 Å². The average molecular weight is 229 g/mol. The van der Waals surface area contributed by atoms with Crippen molar-refractivity contribution in [3.8, 4) is 0 Å². The number of hydrogen-bond acceptors (Lipinski definition) is 2. The van der Waals surface area contributed by atoms with Crippen LogP contribution in [-0.4, -0.2) is 36.0 Å². The standard InChI is InChI=1S/C12H23NO3/c1-5-9(2)8-10(12(15)16)6-7-11(14)13(3)4/h9-10H,5-8H2,1-4H3,(H,15,16)/t9?,10-/m1/s1. The second-order valence-corrected chi connectivity index (χ2v) is 4.61. The summed E-state index contributed by atoms with van der Waals surface area (Å²) in [7, 11) is 3.37. The van der Waals surface area contributed by atoms with E-state index >= 15 is 0 Å². The van der Waals surface area contributed by atoms with Crippen molar-refractivity contribution < 1.29 is 14.7 Å². The van der Waals surface area contributed by atoms with Gasteiger partial charge in [-0.2, -0.15) is 0 Å². The van der Waals surface area contributed by atoms with E-state index in [9.17, 15) is 9.59 Å². The normalized spacial score (nSPS) is 14.2. The molecule has 4 nitrogen and oxygen atoms in total. The predicted octanol–water partition coefficient (Wildman–Crippen LogP) is 1.99. The first-order chi connectivity index (χ1) is 7.38. The number of amides is 1. The van der Waals surface area contributed by atoms with Gasteiger partial charge < -0.3 is 10.0 Å². The molecular weight excluding hydrogens is 206 g/mol. The summed E-state index contributed by atoms with van der Waals surface area (Å²) in [6, 6.07) is 0. The van der Waals surface area contributed by atoms with E-state index in [1.54, 1.807) is 14.1 Å². The summed E-state index contributed by atoms with van der Waals surface area (Å²) >= 11 is 0. The maximum atomic E-state index is 11.4. The molecule has 0 saturated heterocycles. The number of carbonyl (C=O) groups is 2. The predicted molar refractivity (Wildman–Crippen MR) is 63.1 cm³/mol. The fourth-order valence-electron chi connectivity index (χ4n) is 1.52. The van der Waals surface area contributed by atoms with Crippen molar-refractivity contribution in [1.29, 1.82) is 0 Å². The van der Waals surface area contributed by atoms with Gasteiger partial charge in [-0.05, 0) is 18.8 Å². The molecule has 0 aromatic carbocycles. The molecule has 0 aliphatic heterocycles. The Kier molecular flexibility index (Phi) is 6.77. The number of carboxylic acid groups (broad SMARTS) is 1. The molecule has 0 aliphatic carbocycles. The summed E-state index contributed by atoms with van der Waals surface area (Å²) in [5, 5.41) is 9.04. The number of carbonyl (C=O) groups excluding carboxylic acids is 1. The van der Waals surface area contributed by atoms with Crippen molar-refractivity contribution in [3.63, 3.8) is 0 Å². The van der Waals surface area contributed by atoms with E-state index in [-0.39, 0.29) is 11.8 Å². The Bertz CT molecular complexity index is 238. The molecule has 0 aromatic heterocycles. The molecule has 1 N–H and O–H groups in total. The summed E-state index contributed by atoms with van der Waals surface area (Å²) in [6.45, 7) is 4.10. The minimum Gasteiger partial charge on any atom is -0.481 e. The van der Waals surface area contributed by atoms with Crippen LogP contribution >= 0.6 is 0 Å². The third kappa shape index (κ3) is 5.73. The molecule has 0 bridgehead atoms. The van der Waals surface area contributed by atoms with Crippen LogP contribution in [0.25, 0.3) is 0 Å². The van der Waals surface area contributed by atoms with E-state index in [0.29, 0.717) is 25.2 Å². The van der Waals surface area contributed by atoms with Gasteiger partial charge >= 0.3 is 5.97 Å². The molecule has 16 heavy (non-hydrogen) atoms. The first kappa shape index (κ1) is 14.9. The van der Waals surface area contributed by atoms with E-state index in [1.807, 2.05) is 6.92 Å². The molecule has 94 valence electrons. The van der Waals surface area contributed by atoms with Crippen LogP contribution in [0.2, 0.25) is 0 Å². The molecule has 0 radical (unpaired) electrons. The molecule has 0 rings (SSSR count). The molecule has 2 atom stereocenters. The van der Waals surface area contributed by atoms with Crippen LogP contribution in [0.5, 0.6) is 0 Å². The average Bonchev–Trinajstić information content (AvgIpc) is 2.22. The van der Waals surface area contributed by atoms with Crippen LogP contribution < -0.4 is 0 Å². The summed E-state index contributed by atoms with van der Waals surface area (Å²) in [4.78, 5) is 23.9. The molecule has 0 heterocycles. The van der Waals surface area contributed by atoms with Gasteiger partial charge in [-0.25, -0.2) is 0 Å². The zero-order valence-electron chi connectivity index (χ0n) is 10.7. The number of carboxylic acids is 1. The van der Waals surface area contributed by atoms with Gasteiger partial charge in [0, 0.05) is 20.5 Å². The third-order valence-corrected chi connectivity index (χ3v) is 2.94. The lowest BCUT2D eigenvalue weighted by Crippen LogP contribution is -2.24. The van der Waals surface area contributed by atoms with Crippen molar-refractivity contribution in [2.24, 2.45) is 11.8 Å². The summed E-state index contributed by atoms with van der Waals surface area (Å²) in [5.74, 6) is -0.781. The first-order valence-electron chi connectivity index (χ1n) is 5.81. The number of rotatable bonds is 7. The van der Waals surface area contributed by atoms with Gasteiger partial charge in [0.2, 0.25) is 5.91 Å². The van der Waals surface area contributed by atoms with Gasteiger partial charge in [0.1, 0.15) is 0 Å². The molecule has 1 amide bonds. The largest absolute Gasteiger partial charge is 0.481 e. The highest BCUT2D eigenvalue weighted by Gasteiger charge is 2.21.